The number of carbonyl (C=O) groups is 1. The first kappa shape index (κ1) is 15.1. The maximum absolute atomic E-state index is 12.3. The van der Waals surface area contributed by atoms with Crippen molar-refractivity contribution < 1.29 is 4.79 Å². The fourth-order valence-corrected chi connectivity index (χ4v) is 3.53. The van der Waals surface area contributed by atoms with Gasteiger partial charge in [0, 0.05) is 18.8 Å². The van der Waals surface area contributed by atoms with E-state index in [0.29, 0.717) is 10.9 Å². The summed E-state index contributed by atoms with van der Waals surface area (Å²) in [5, 5.41) is 12.0. The molecule has 0 aromatic carbocycles. The number of H-pyrrole nitrogens is 1. The lowest BCUT2D eigenvalue weighted by molar-refractivity contribution is -0.127. The second kappa shape index (κ2) is 6.12. The molecular formula is C14H20N6OS. The van der Waals surface area contributed by atoms with Crippen molar-refractivity contribution in [3.8, 4) is 0 Å². The highest BCUT2D eigenvalue weighted by Gasteiger charge is 2.28. The van der Waals surface area contributed by atoms with Crippen LogP contribution in [0.5, 0.6) is 0 Å². The summed E-state index contributed by atoms with van der Waals surface area (Å²) >= 11 is 1.37. The average Bonchev–Trinajstić information content (AvgIpc) is 3.16. The molecule has 1 unspecified atom stereocenters. The van der Waals surface area contributed by atoms with Crippen molar-refractivity contribution in [1.82, 2.24) is 29.9 Å². The van der Waals surface area contributed by atoms with Crippen molar-refractivity contribution in [3.63, 3.8) is 0 Å². The molecule has 1 aliphatic heterocycles. The lowest BCUT2D eigenvalue weighted by Gasteiger charge is -2.17. The Bertz CT molecular complexity index is 679. The third-order valence-corrected chi connectivity index (χ3v) is 4.64. The van der Waals surface area contributed by atoms with Crippen LogP contribution in [0.15, 0.2) is 11.2 Å². The Morgan fingerprint density at radius 2 is 2.27 bits per heavy atom. The molecule has 8 heteroatoms. The van der Waals surface area contributed by atoms with Gasteiger partial charge in [0.25, 0.3) is 0 Å². The standard InChI is InChI=1S/C14H20N6OS/c1-9-6-10(2)20(18-9)12-4-5-19(7-12)13(21)8-22-14-15-11(3)16-17-14/h6,12H,4-5,7-8H2,1-3H3,(H,15,16,17). The fourth-order valence-electron chi connectivity index (χ4n) is 2.79. The molecule has 118 valence electrons. The normalized spacial score (nSPS) is 18.1. The number of hydrogen-bond donors (Lipinski definition) is 1. The largest absolute Gasteiger partial charge is 0.340 e. The van der Waals surface area contributed by atoms with Crippen LogP contribution in [0.2, 0.25) is 0 Å². The van der Waals surface area contributed by atoms with Crippen LogP contribution < -0.4 is 0 Å². The third kappa shape index (κ3) is 3.16. The molecule has 0 saturated carbocycles. The molecular weight excluding hydrogens is 300 g/mol. The van der Waals surface area contributed by atoms with E-state index < -0.39 is 0 Å². The highest BCUT2D eigenvalue weighted by atomic mass is 32.2. The van der Waals surface area contributed by atoms with Crippen LogP contribution in [0.1, 0.15) is 29.7 Å². The Hall–Kier alpha value is -1.83. The monoisotopic (exact) mass is 320 g/mol. The van der Waals surface area contributed by atoms with Crippen molar-refractivity contribution in [2.45, 2.75) is 38.4 Å². The first-order chi connectivity index (χ1) is 10.5. The number of carbonyl (C=O) groups excluding carboxylic acids is 1. The molecule has 1 amide bonds. The van der Waals surface area contributed by atoms with E-state index in [9.17, 15) is 4.79 Å². The minimum atomic E-state index is 0.136. The molecule has 7 nitrogen and oxygen atoms in total. The van der Waals surface area contributed by atoms with Gasteiger partial charge in [0.05, 0.1) is 17.5 Å². The summed E-state index contributed by atoms with van der Waals surface area (Å²) < 4.78 is 2.05. The van der Waals surface area contributed by atoms with Crippen LogP contribution in [-0.4, -0.2) is 54.6 Å². The number of hydrogen-bond acceptors (Lipinski definition) is 5. The number of nitrogens with zero attached hydrogens (tertiary/aromatic N) is 5. The van der Waals surface area contributed by atoms with Gasteiger partial charge in [-0.25, -0.2) is 4.98 Å². The topological polar surface area (TPSA) is 79.7 Å². The number of aromatic nitrogens is 5. The van der Waals surface area contributed by atoms with Gasteiger partial charge in [0.1, 0.15) is 5.82 Å². The van der Waals surface area contributed by atoms with Gasteiger partial charge in [0.15, 0.2) is 0 Å². The Kier molecular flexibility index (Phi) is 4.19. The first-order valence-electron chi connectivity index (χ1n) is 7.35. The molecule has 1 N–H and O–H groups in total. The SMILES string of the molecule is Cc1cc(C)n(C2CCN(C(=O)CSc3n[nH]c(C)n3)C2)n1. The molecule has 1 saturated heterocycles. The number of thioether (sulfide) groups is 1. The fraction of sp³-hybridized carbons (Fsp3) is 0.571. The van der Waals surface area contributed by atoms with Gasteiger partial charge in [-0.3, -0.25) is 14.6 Å². The maximum Gasteiger partial charge on any atom is 0.233 e. The van der Waals surface area contributed by atoms with Gasteiger partial charge in [-0.15, -0.1) is 5.10 Å². The van der Waals surface area contributed by atoms with Gasteiger partial charge in [-0.1, -0.05) is 11.8 Å². The summed E-state index contributed by atoms with van der Waals surface area (Å²) in [6, 6.07) is 2.36. The molecule has 1 atom stereocenters. The summed E-state index contributed by atoms with van der Waals surface area (Å²) in [6.45, 7) is 7.42. The summed E-state index contributed by atoms with van der Waals surface area (Å²) in [7, 11) is 0. The highest BCUT2D eigenvalue weighted by molar-refractivity contribution is 7.99. The lowest BCUT2D eigenvalue weighted by Crippen LogP contribution is -2.30. The van der Waals surface area contributed by atoms with Crippen LogP contribution in [0, 0.1) is 20.8 Å². The van der Waals surface area contributed by atoms with Gasteiger partial charge in [0.2, 0.25) is 11.1 Å². The molecule has 0 radical (unpaired) electrons. The molecule has 0 aliphatic carbocycles. The summed E-state index contributed by atoms with van der Waals surface area (Å²) in [4.78, 5) is 18.4. The second-order valence-electron chi connectivity index (χ2n) is 5.65. The van der Waals surface area contributed by atoms with Crippen molar-refractivity contribution in [2.24, 2.45) is 0 Å². The number of aromatic amines is 1. The van der Waals surface area contributed by atoms with E-state index in [1.54, 1.807) is 0 Å². The molecule has 2 aromatic rings. The molecule has 3 rings (SSSR count). The Morgan fingerprint density at radius 3 is 2.91 bits per heavy atom. The van der Waals surface area contributed by atoms with Crippen LogP contribution in [0.25, 0.3) is 0 Å². The van der Waals surface area contributed by atoms with Crippen molar-refractivity contribution in [3.05, 3.63) is 23.3 Å². The number of likely N-dealkylation sites (tertiary alicyclic amines) is 1. The van der Waals surface area contributed by atoms with Gasteiger partial charge < -0.3 is 4.90 Å². The zero-order chi connectivity index (χ0) is 15.7. The van der Waals surface area contributed by atoms with Gasteiger partial charge >= 0.3 is 0 Å². The molecule has 0 bridgehead atoms. The minimum absolute atomic E-state index is 0.136. The third-order valence-electron chi connectivity index (χ3n) is 3.81. The first-order valence-corrected chi connectivity index (χ1v) is 8.34. The zero-order valence-electron chi connectivity index (χ0n) is 13.0. The predicted molar refractivity (Wildman–Crippen MR) is 83.8 cm³/mol. The number of amides is 1. The number of aryl methyl sites for hydroxylation is 3. The Balaban J connectivity index is 1.55. The van der Waals surface area contributed by atoms with E-state index in [1.165, 1.54) is 11.8 Å². The Morgan fingerprint density at radius 1 is 1.45 bits per heavy atom. The Labute approximate surface area is 133 Å². The van der Waals surface area contributed by atoms with E-state index in [2.05, 4.69) is 33.3 Å². The van der Waals surface area contributed by atoms with Crippen LogP contribution in [0.4, 0.5) is 0 Å². The second-order valence-corrected chi connectivity index (χ2v) is 6.59. The molecule has 22 heavy (non-hydrogen) atoms. The molecule has 3 heterocycles. The summed E-state index contributed by atoms with van der Waals surface area (Å²) in [5.74, 6) is 1.28. The molecule has 1 aliphatic rings. The smallest absolute Gasteiger partial charge is 0.233 e. The maximum atomic E-state index is 12.3. The van der Waals surface area contributed by atoms with Crippen molar-refractivity contribution in [2.75, 3.05) is 18.8 Å². The van der Waals surface area contributed by atoms with Crippen molar-refractivity contribution in [1.29, 1.82) is 0 Å². The van der Waals surface area contributed by atoms with Crippen LogP contribution >= 0.6 is 11.8 Å². The van der Waals surface area contributed by atoms with E-state index in [0.717, 1.165) is 36.7 Å². The van der Waals surface area contributed by atoms with Crippen LogP contribution in [-0.2, 0) is 4.79 Å². The average molecular weight is 320 g/mol. The van der Waals surface area contributed by atoms with E-state index in [1.807, 2.05) is 23.4 Å². The van der Waals surface area contributed by atoms with E-state index in [4.69, 9.17) is 0 Å². The van der Waals surface area contributed by atoms with E-state index in [-0.39, 0.29) is 11.9 Å². The molecule has 0 spiro atoms. The quantitative estimate of drug-likeness (QED) is 0.864. The molecule has 1 fully saturated rings. The van der Waals surface area contributed by atoms with Gasteiger partial charge in [-0.05, 0) is 33.3 Å². The minimum Gasteiger partial charge on any atom is -0.340 e. The van der Waals surface area contributed by atoms with E-state index >= 15 is 0 Å². The lowest BCUT2D eigenvalue weighted by atomic mass is 10.2. The zero-order valence-corrected chi connectivity index (χ0v) is 13.9. The predicted octanol–water partition coefficient (Wildman–Crippen LogP) is 1.49. The number of rotatable bonds is 4. The summed E-state index contributed by atoms with van der Waals surface area (Å²) in [5.41, 5.74) is 2.18. The number of nitrogens with one attached hydrogen (secondary N) is 1. The van der Waals surface area contributed by atoms with Gasteiger partial charge in [-0.2, -0.15) is 5.10 Å². The van der Waals surface area contributed by atoms with Crippen LogP contribution in [0.3, 0.4) is 0 Å². The summed E-state index contributed by atoms with van der Waals surface area (Å²) in [6.07, 6.45) is 0.956. The molecule has 2 aromatic heterocycles. The van der Waals surface area contributed by atoms with Crippen molar-refractivity contribution >= 4 is 17.7 Å². The highest BCUT2D eigenvalue weighted by Crippen LogP contribution is 2.24.